The van der Waals surface area contributed by atoms with E-state index in [-0.39, 0.29) is 25.7 Å². The summed E-state index contributed by atoms with van der Waals surface area (Å²) < 4.78 is 16.5. The molecular weight excluding hydrogens is 334 g/mol. The van der Waals surface area contributed by atoms with Gasteiger partial charge in [0.1, 0.15) is 23.7 Å². The van der Waals surface area contributed by atoms with E-state index in [4.69, 9.17) is 14.2 Å². The van der Waals surface area contributed by atoms with Gasteiger partial charge in [0.25, 0.3) is 5.91 Å². The van der Waals surface area contributed by atoms with Crippen LogP contribution in [0.3, 0.4) is 0 Å². The zero-order valence-corrected chi connectivity index (χ0v) is 14.8. The fourth-order valence-electron chi connectivity index (χ4n) is 2.90. The lowest BCUT2D eigenvalue weighted by atomic mass is 10.1. The molecule has 0 aromatic heterocycles. The van der Waals surface area contributed by atoms with E-state index >= 15 is 0 Å². The topological polar surface area (TPSA) is 68.2 Å². The van der Waals surface area contributed by atoms with Gasteiger partial charge >= 0.3 is 0 Å². The molecule has 6 heteroatoms. The minimum atomic E-state index is -1.29. The van der Waals surface area contributed by atoms with Crippen LogP contribution in [-0.2, 0) is 4.74 Å². The van der Waals surface area contributed by atoms with E-state index in [2.05, 4.69) is 0 Å². The number of β-amino-alcohol motifs (C(OH)–C–C–N with tert-alkyl or cyclic N) is 1. The van der Waals surface area contributed by atoms with Crippen LogP contribution in [0, 0.1) is 0 Å². The third-order valence-corrected chi connectivity index (χ3v) is 4.24. The molecule has 0 saturated carbocycles. The number of methoxy groups -OCH3 is 1. The van der Waals surface area contributed by atoms with Crippen LogP contribution in [0.25, 0.3) is 0 Å². The van der Waals surface area contributed by atoms with Crippen LogP contribution >= 0.6 is 0 Å². The van der Waals surface area contributed by atoms with Crippen molar-refractivity contribution in [2.24, 2.45) is 0 Å². The molecule has 0 radical (unpaired) electrons. The Morgan fingerprint density at radius 3 is 2.69 bits per heavy atom. The van der Waals surface area contributed by atoms with Gasteiger partial charge in [-0.2, -0.15) is 0 Å². The van der Waals surface area contributed by atoms with Crippen molar-refractivity contribution < 1.29 is 24.1 Å². The minimum absolute atomic E-state index is 0.0344. The van der Waals surface area contributed by atoms with E-state index in [1.54, 1.807) is 23.1 Å². The largest absolute Gasteiger partial charge is 0.496 e. The molecule has 1 atom stereocenters. The van der Waals surface area contributed by atoms with Gasteiger partial charge in [0.2, 0.25) is 0 Å². The molecule has 1 unspecified atom stereocenters. The van der Waals surface area contributed by atoms with Crippen molar-refractivity contribution in [1.82, 2.24) is 4.90 Å². The van der Waals surface area contributed by atoms with Gasteiger partial charge in [0.15, 0.2) is 0 Å². The maximum Gasteiger partial charge on any atom is 0.257 e. The molecule has 1 aliphatic rings. The van der Waals surface area contributed by atoms with Gasteiger partial charge in [-0.15, -0.1) is 0 Å². The zero-order valence-electron chi connectivity index (χ0n) is 14.8. The Hall–Kier alpha value is -2.57. The number of hydrogen-bond donors (Lipinski definition) is 1. The summed E-state index contributed by atoms with van der Waals surface area (Å²) in [7, 11) is 1.53. The average Bonchev–Trinajstić information content (AvgIpc) is 2.89. The zero-order chi connectivity index (χ0) is 18.4. The van der Waals surface area contributed by atoms with Gasteiger partial charge in [-0.1, -0.05) is 30.3 Å². The molecule has 2 aromatic carbocycles. The van der Waals surface area contributed by atoms with Gasteiger partial charge in [-0.25, -0.2) is 0 Å². The summed E-state index contributed by atoms with van der Waals surface area (Å²) in [6, 6.07) is 16.3. The lowest BCUT2D eigenvalue weighted by molar-refractivity contribution is -0.0621. The fraction of sp³-hybridized carbons (Fsp3) is 0.350. The van der Waals surface area contributed by atoms with Crippen LogP contribution in [0.2, 0.25) is 0 Å². The van der Waals surface area contributed by atoms with Gasteiger partial charge in [0.05, 0.1) is 32.4 Å². The molecule has 0 bridgehead atoms. The van der Waals surface area contributed by atoms with Crippen LogP contribution < -0.4 is 9.47 Å². The van der Waals surface area contributed by atoms with E-state index in [9.17, 15) is 9.90 Å². The average molecular weight is 357 g/mol. The molecule has 1 fully saturated rings. The van der Waals surface area contributed by atoms with Crippen molar-refractivity contribution >= 4 is 5.91 Å². The van der Waals surface area contributed by atoms with Crippen molar-refractivity contribution in [2.45, 2.75) is 5.60 Å². The highest BCUT2D eigenvalue weighted by molar-refractivity contribution is 5.97. The number of rotatable bonds is 5. The number of nitrogens with zero attached hydrogens (tertiary/aromatic N) is 1. The quantitative estimate of drug-likeness (QED) is 0.886. The second-order valence-corrected chi connectivity index (χ2v) is 6.31. The molecule has 0 spiro atoms. The molecule has 1 saturated heterocycles. The van der Waals surface area contributed by atoms with E-state index in [0.717, 1.165) is 0 Å². The number of aliphatic hydroxyl groups is 1. The van der Waals surface area contributed by atoms with E-state index in [1.165, 1.54) is 7.11 Å². The van der Waals surface area contributed by atoms with Crippen molar-refractivity contribution in [1.29, 1.82) is 0 Å². The molecule has 1 amide bonds. The van der Waals surface area contributed by atoms with E-state index in [1.807, 2.05) is 36.4 Å². The molecule has 138 valence electrons. The van der Waals surface area contributed by atoms with Gasteiger partial charge in [0, 0.05) is 6.54 Å². The van der Waals surface area contributed by atoms with Gasteiger partial charge < -0.3 is 24.2 Å². The number of hydrogen-bond acceptors (Lipinski definition) is 5. The Bertz CT molecular complexity index is 736. The Kier molecular flexibility index (Phi) is 5.75. The minimum Gasteiger partial charge on any atom is -0.496 e. The lowest BCUT2D eigenvalue weighted by Crippen LogP contribution is -2.50. The SMILES string of the molecule is COc1ccccc1C(=O)N1CCOCC(O)(COc2ccccc2)C1. The van der Waals surface area contributed by atoms with Crippen LogP contribution in [0.15, 0.2) is 54.6 Å². The first kappa shape index (κ1) is 18.2. The van der Waals surface area contributed by atoms with Crippen LogP contribution in [0.5, 0.6) is 11.5 Å². The molecule has 6 nitrogen and oxygen atoms in total. The highest BCUT2D eigenvalue weighted by Gasteiger charge is 2.36. The predicted molar refractivity (Wildman–Crippen MR) is 96.6 cm³/mol. The molecule has 1 aliphatic heterocycles. The summed E-state index contributed by atoms with van der Waals surface area (Å²) in [5.74, 6) is 0.964. The normalized spacial score (nSPS) is 20.3. The van der Waals surface area contributed by atoms with Crippen LogP contribution in [0.1, 0.15) is 10.4 Å². The number of amides is 1. The first-order chi connectivity index (χ1) is 12.6. The molecule has 1 N–H and O–H groups in total. The fourth-order valence-corrected chi connectivity index (χ4v) is 2.90. The number of carbonyl (C=O) groups is 1. The highest BCUT2D eigenvalue weighted by atomic mass is 16.5. The monoisotopic (exact) mass is 357 g/mol. The summed E-state index contributed by atoms with van der Waals surface area (Å²) in [6.45, 7) is 1.01. The third kappa shape index (κ3) is 4.33. The first-order valence-electron chi connectivity index (χ1n) is 8.52. The molecule has 0 aliphatic carbocycles. The van der Waals surface area contributed by atoms with Crippen LogP contribution in [0.4, 0.5) is 0 Å². The van der Waals surface area contributed by atoms with Gasteiger partial charge in [-0.05, 0) is 24.3 Å². The van der Waals surface area contributed by atoms with E-state index < -0.39 is 5.60 Å². The molecule has 1 heterocycles. The van der Waals surface area contributed by atoms with Crippen molar-refractivity contribution in [2.75, 3.05) is 40.0 Å². The maximum absolute atomic E-state index is 12.9. The summed E-state index contributed by atoms with van der Waals surface area (Å²) >= 11 is 0. The summed E-state index contributed by atoms with van der Waals surface area (Å²) in [5.41, 5.74) is -0.826. The smallest absolute Gasteiger partial charge is 0.257 e. The molecular formula is C20H23NO5. The molecule has 26 heavy (non-hydrogen) atoms. The van der Waals surface area contributed by atoms with Crippen molar-refractivity contribution in [3.63, 3.8) is 0 Å². The number of benzene rings is 2. The standard InChI is InChI=1S/C20H23NO5/c1-24-18-10-6-5-9-17(18)19(22)21-11-12-25-14-20(23,13-21)15-26-16-7-3-2-4-8-16/h2-10,23H,11-15H2,1H3. The molecule has 2 aromatic rings. The maximum atomic E-state index is 12.9. The Morgan fingerprint density at radius 2 is 1.92 bits per heavy atom. The second kappa shape index (κ2) is 8.21. The predicted octanol–water partition coefficient (Wildman–Crippen LogP) is 1.98. The number of para-hydroxylation sites is 2. The van der Waals surface area contributed by atoms with E-state index in [0.29, 0.717) is 30.2 Å². The summed E-state index contributed by atoms with van der Waals surface area (Å²) in [5, 5.41) is 10.9. The lowest BCUT2D eigenvalue weighted by Gasteiger charge is -2.30. The second-order valence-electron chi connectivity index (χ2n) is 6.31. The summed E-state index contributed by atoms with van der Waals surface area (Å²) in [4.78, 5) is 14.5. The highest BCUT2D eigenvalue weighted by Crippen LogP contribution is 2.22. The Morgan fingerprint density at radius 1 is 1.19 bits per heavy atom. The first-order valence-corrected chi connectivity index (χ1v) is 8.52. The Labute approximate surface area is 152 Å². The third-order valence-electron chi connectivity index (χ3n) is 4.24. The number of carbonyl (C=O) groups excluding carboxylic acids is 1. The summed E-state index contributed by atoms with van der Waals surface area (Å²) in [6.07, 6.45) is 0. The molecule has 3 rings (SSSR count). The number of ether oxygens (including phenoxy) is 3. The van der Waals surface area contributed by atoms with Crippen LogP contribution in [-0.4, -0.2) is 61.5 Å². The van der Waals surface area contributed by atoms with Crippen molar-refractivity contribution in [3.05, 3.63) is 60.2 Å². The van der Waals surface area contributed by atoms with Gasteiger partial charge in [-0.3, -0.25) is 4.79 Å². The Balaban J connectivity index is 1.73. The van der Waals surface area contributed by atoms with Crippen molar-refractivity contribution in [3.8, 4) is 11.5 Å².